The molecular weight excluding hydrogens is 250 g/mol. The molecule has 1 N–H and O–H groups in total. The SMILES string of the molecule is CCCc1nc(Nc2ccccc2)c2ncn(C)c2n1. The van der Waals surface area contributed by atoms with Gasteiger partial charge in [-0.3, -0.25) is 0 Å². The molecule has 102 valence electrons. The van der Waals surface area contributed by atoms with Gasteiger partial charge in [-0.15, -0.1) is 0 Å². The summed E-state index contributed by atoms with van der Waals surface area (Å²) in [5.74, 6) is 1.62. The van der Waals surface area contributed by atoms with Crippen LogP contribution >= 0.6 is 0 Å². The lowest BCUT2D eigenvalue weighted by atomic mass is 10.3. The van der Waals surface area contributed by atoms with Crippen molar-refractivity contribution < 1.29 is 0 Å². The summed E-state index contributed by atoms with van der Waals surface area (Å²) in [6, 6.07) is 10.00. The second kappa shape index (κ2) is 5.28. The van der Waals surface area contributed by atoms with E-state index in [2.05, 4.69) is 27.2 Å². The zero-order valence-electron chi connectivity index (χ0n) is 11.7. The summed E-state index contributed by atoms with van der Waals surface area (Å²) in [4.78, 5) is 13.6. The minimum absolute atomic E-state index is 0.769. The maximum atomic E-state index is 4.60. The number of rotatable bonds is 4. The van der Waals surface area contributed by atoms with Crippen LogP contribution in [-0.4, -0.2) is 19.5 Å². The average molecular weight is 267 g/mol. The largest absolute Gasteiger partial charge is 0.338 e. The molecular formula is C15H17N5. The molecule has 0 amide bonds. The molecule has 0 saturated heterocycles. The summed E-state index contributed by atoms with van der Waals surface area (Å²) in [5.41, 5.74) is 2.67. The summed E-state index contributed by atoms with van der Waals surface area (Å²) >= 11 is 0. The lowest BCUT2D eigenvalue weighted by molar-refractivity contribution is 0.833. The third-order valence-electron chi connectivity index (χ3n) is 3.12. The Morgan fingerprint density at radius 1 is 1.15 bits per heavy atom. The smallest absolute Gasteiger partial charge is 0.165 e. The number of anilines is 2. The monoisotopic (exact) mass is 267 g/mol. The van der Waals surface area contributed by atoms with Gasteiger partial charge in [0.25, 0.3) is 0 Å². The van der Waals surface area contributed by atoms with Gasteiger partial charge in [-0.25, -0.2) is 15.0 Å². The molecule has 5 heteroatoms. The number of hydrogen-bond donors (Lipinski definition) is 1. The fourth-order valence-corrected chi connectivity index (χ4v) is 2.13. The van der Waals surface area contributed by atoms with E-state index in [0.29, 0.717) is 0 Å². The molecule has 0 aliphatic heterocycles. The van der Waals surface area contributed by atoms with E-state index >= 15 is 0 Å². The highest BCUT2D eigenvalue weighted by atomic mass is 15.1. The Morgan fingerprint density at radius 2 is 1.95 bits per heavy atom. The molecule has 3 aromatic rings. The van der Waals surface area contributed by atoms with Gasteiger partial charge in [0.1, 0.15) is 5.82 Å². The van der Waals surface area contributed by atoms with Crippen LogP contribution in [0.3, 0.4) is 0 Å². The topological polar surface area (TPSA) is 55.6 Å². The van der Waals surface area contributed by atoms with Gasteiger partial charge in [0.15, 0.2) is 17.0 Å². The van der Waals surface area contributed by atoms with Crippen molar-refractivity contribution in [3.05, 3.63) is 42.5 Å². The number of aryl methyl sites for hydroxylation is 2. The third-order valence-corrected chi connectivity index (χ3v) is 3.12. The average Bonchev–Trinajstić information content (AvgIpc) is 2.83. The lowest BCUT2D eigenvalue weighted by Crippen LogP contribution is -2.03. The second-order valence-corrected chi connectivity index (χ2v) is 4.76. The quantitative estimate of drug-likeness (QED) is 0.789. The van der Waals surface area contributed by atoms with Crippen LogP contribution in [0, 0.1) is 0 Å². The van der Waals surface area contributed by atoms with Crippen molar-refractivity contribution in [2.75, 3.05) is 5.32 Å². The Hall–Kier alpha value is -2.43. The first-order valence-corrected chi connectivity index (χ1v) is 6.78. The van der Waals surface area contributed by atoms with Gasteiger partial charge in [0.2, 0.25) is 0 Å². The Labute approximate surface area is 117 Å². The summed E-state index contributed by atoms with van der Waals surface area (Å²) in [6.45, 7) is 2.13. The minimum Gasteiger partial charge on any atom is -0.338 e. The number of imidazole rings is 1. The molecule has 20 heavy (non-hydrogen) atoms. The van der Waals surface area contributed by atoms with Gasteiger partial charge >= 0.3 is 0 Å². The highest BCUT2D eigenvalue weighted by Crippen LogP contribution is 2.22. The van der Waals surface area contributed by atoms with Crippen molar-refractivity contribution >= 4 is 22.7 Å². The van der Waals surface area contributed by atoms with Crippen molar-refractivity contribution in [2.24, 2.45) is 7.05 Å². The molecule has 0 fully saturated rings. The fourth-order valence-electron chi connectivity index (χ4n) is 2.13. The molecule has 5 nitrogen and oxygen atoms in total. The Kier molecular flexibility index (Phi) is 3.33. The number of benzene rings is 1. The van der Waals surface area contributed by atoms with E-state index in [1.54, 1.807) is 6.33 Å². The first kappa shape index (κ1) is 12.6. The number of aromatic nitrogens is 4. The van der Waals surface area contributed by atoms with Crippen molar-refractivity contribution in [1.29, 1.82) is 0 Å². The molecule has 0 bridgehead atoms. The Morgan fingerprint density at radius 3 is 2.70 bits per heavy atom. The molecule has 0 radical (unpaired) electrons. The molecule has 2 heterocycles. The van der Waals surface area contributed by atoms with E-state index in [-0.39, 0.29) is 0 Å². The van der Waals surface area contributed by atoms with E-state index in [1.165, 1.54) is 0 Å². The molecule has 1 aromatic carbocycles. The predicted molar refractivity (Wildman–Crippen MR) is 80.0 cm³/mol. The maximum Gasteiger partial charge on any atom is 0.165 e. The van der Waals surface area contributed by atoms with E-state index in [0.717, 1.165) is 41.3 Å². The second-order valence-electron chi connectivity index (χ2n) is 4.76. The molecule has 0 aliphatic rings. The number of hydrogen-bond acceptors (Lipinski definition) is 4. The van der Waals surface area contributed by atoms with Gasteiger partial charge in [-0.05, 0) is 18.6 Å². The highest BCUT2D eigenvalue weighted by Gasteiger charge is 2.11. The van der Waals surface area contributed by atoms with Crippen LogP contribution in [0.2, 0.25) is 0 Å². The van der Waals surface area contributed by atoms with Gasteiger partial charge in [-0.1, -0.05) is 25.1 Å². The summed E-state index contributed by atoms with van der Waals surface area (Å²) in [7, 11) is 1.95. The highest BCUT2D eigenvalue weighted by molar-refractivity contribution is 5.85. The van der Waals surface area contributed by atoms with Crippen LogP contribution < -0.4 is 5.32 Å². The zero-order valence-corrected chi connectivity index (χ0v) is 11.7. The summed E-state index contributed by atoms with van der Waals surface area (Å²) < 4.78 is 1.92. The minimum atomic E-state index is 0.769. The molecule has 3 rings (SSSR count). The van der Waals surface area contributed by atoms with Crippen molar-refractivity contribution in [1.82, 2.24) is 19.5 Å². The zero-order chi connectivity index (χ0) is 13.9. The van der Waals surface area contributed by atoms with Gasteiger partial charge in [-0.2, -0.15) is 0 Å². The number of nitrogens with zero attached hydrogens (tertiary/aromatic N) is 4. The van der Waals surface area contributed by atoms with Crippen LogP contribution in [0.25, 0.3) is 11.2 Å². The molecule has 0 aliphatic carbocycles. The lowest BCUT2D eigenvalue weighted by Gasteiger charge is -2.08. The molecule has 0 saturated carbocycles. The maximum absolute atomic E-state index is 4.60. The van der Waals surface area contributed by atoms with Crippen LogP contribution in [0.15, 0.2) is 36.7 Å². The first-order chi connectivity index (χ1) is 9.78. The van der Waals surface area contributed by atoms with Crippen LogP contribution in [0.5, 0.6) is 0 Å². The summed E-state index contributed by atoms with van der Waals surface area (Å²) in [6.07, 6.45) is 3.66. The van der Waals surface area contributed by atoms with E-state index in [1.807, 2.05) is 41.9 Å². The standard InChI is InChI=1S/C15H17N5/c1-3-7-12-18-14(17-11-8-5-4-6-9-11)13-15(19-12)20(2)10-16-13/h4-6,8-10H,3,7H2,1-2H3,(H,17,18,19). The Bertz CT molecular complexity index is 718. The normalized spacial score (nSPS) is 10.9. The number of nitrogens with one attached hydrogen (secondary N) is 1. The first-order valence-electron chi connectivity index (χ1n) is 6.78. The Balaban J connectivity index is 2.08. The number of fused-ring (bicyclic) bond motifs is 1. The van der Waals surface area contributed by atoms with Crippen molar-refractivity contribution in [2.45, 2.75) is 19.8 Å². The van der Waals surface area contributed by atoms with E-state index in [9.17, 15) is 0 Å². The van der Waals surface area contributed by atoms with Gasteiger partial charge in [0, 0.05) is 19.2 Å². The third kappa shape index (κ3) is 2.34. The van der Waals surface area contributed by atoms with E-state index < -0.39 is 0 Å². The van der Waals surface area contributed by atoms with Crippen LogP contribution in [-0.2, 0) is 13.5 Å². The van der Waals surface area contributed by atoms with Crippen LogP contribution in [0.4, 0.5) is 11.5 Å². The fraction of sp³-hybridized carbons (Fsp3) is 0.267. The van der Waals surface area contributed by atoms with Crippen molar-refractivity contribution in [3.63, 3.8) is 0 Å². The predicted octanol–water partition coefficient (Wildman–Crippen LogP) is 3.06. The molecule has 2 aromatic heterocycles. The number of para-hydroxylation sites is 1. The van der Waals surface area contributed by atoms with Crippen molar-refractivity contribution in [3.8, 4) is 0 Å². The molecule has 0 atom stereocenters. The van der Waals surface area contributed by atoms with Crippen LogP contribution in [0.1, 0.15) is 19.2 Å². The summed E-state index contributed by atoms with van der Waals surface area (Å²) in [5, 5.41) is 3.33. The van der Waals surface area contributed by atoms with Gasteiger partial charge < -0.3 is 9.88 Å². The van der Waals surface area contributed by atoms with Gasteiger partial charge in [0.05, 0.1) is 6.33 Å². The molecule has 0 spiro atoms. The molecule has 0 unspecified atom stereocenters. The van der Waals surface area contributed by atoms with E-state index in [4.69, 9.17) is 0 Å².